The first-order valence-corrected chi connectivity index (χ1v) is 8.32. The predicted octanol–water partition coefficient (Wildman–Crippen LogP) is 3.35. The maximum Gasteiger partial charge on any atom is 0.129 e. The Morgan fingerprint density at radius 2 is 2.05 bits per heavy atom. The quantitative estimate of drug-likeness (QED) is 0.891. The van der Waals surface area contributed by atoms with E-state index < -0.39 is 0 Å². The van der Waals surface area contributed by atoms with Gasteiger partial charge in [-0.3, -0.25) is 0 Å². The van der Waals surface area contributed by atoms with Crippen molar-refractivity contribution in [1.29, 1.82) is 0 Å². The van der Waals surface area contributed by atoms with Crippen molar-refractivity contribution < 1.29 is 0 Å². The number of pyridine rings is 1. The van der Waals surface area contributed by atoms with E-state index in [1.165, 1.54) is 56.6 Å². The molecule has 1 unspecified atom stereocenters. The van der Waals surface area contributed by atoms with Crippen molar-refractivity contribution in [3.05, 3.63) is 23.9 Å². The second kappa shape index (κ2) is 6.57. The molecule has 1 N–H and O–H groups in total. The molecule has 0 radical (unpaired) electrons. The molecular formula is C17H27N3. The molecule has 2 aliphatic rings. The highest BCUT2D eigenvalue weighted by atomic mass is 15.2. The highest BCUT2D eigenvalue weighted by molar-refractivity contribution is 5.42. The Kier molecular flexibility index (Phi) is 4.56. The molecule has 3 rings (SSSR count). The second-order valence-corrected chi connectivity index (χ2v) is 6.21. The largest absolute Gasteiger partial charge is 0.353 e. The first-order valence-electron chi connectivity index (χ1n) is 8.32. The van der Waals surface area contributed by atoms with E-state index in [4.69, 9.17) is 4.98 Å². The minimum Gasteiger partial charge on any atom is -0.353 e. The summed E-state index contributed by atoms with van der Waals surface area (Å²) in [5.41, 5.74) is 1.17. The van der Waals surface area contributed by atoms with Crippen LogP contribution in [0.25, 0.3) is 0 Å². The molecule has 1 aromatic heterocycles. The molecule has 3 nitrogen and oxygen atoms in total. The van der Waals surface area contributed by atoms with Gasteiger partial charge in [-0.15, -0.1) is 0 Å². The van der Waals surface area contributed by atoms with Gasteiger partial charge in [0.15, 0.2) is 0 Å². The second-order valence-electron chi connectivity index (χ2n) is 6.21. The molecule has 0 amide bonds. The molecule has 0 bridgehead atoms. The summed E-state index contributed by atoms with van der Waals surface area (Å²) in [6, 6.07) is 7.24. The Hall–Kier alpha value is -1.09. The van der Waals surface area contributed by atoms with Crippen LogP contribution in [0.3, 0.4) is 0 Å². The molecule has 2 heterocycles. The van der Waals surface area contributed by atoms with Crippen molar-refractivity contribution >= 4 is 5.82 Å². The minimum atomic E-state index is 0.749. The Morgan fingerprint density at radius 3 is 2.85 bits per heavy atom. The zero-order valence-electron chi connectivity index (χ0n) is 12.6. The summed E-state index contributed by atoms with van der Waals surface area (Å²) in [4.78, 5) is 7.47. The van der Waals surface area contributed by atoms with E-state index in [0.29, 0.717) is 0 Å². The van der Waals surface area contributed by atoms with E-state index in [-0.39, 0.29) is 0 Å². The van der Waals surface area contributed by atoms with Gasteiger partial charge >= 0.3 is 0 Å². The summed E-state index contributed by atoms with van der Waals surface area (Å²) < 4.78 is 0. The summed E-state index contributed by atoms with van der Waals surface area (Å²) in [7, 11) is 0. The molecule has 1 aliphatic heterocycles. The van der Waals surface area contributed by atoms with Gasteiger partial charge in [0.2, 0.25) is 0 Å². The molecule has 1 saturated heterocycles. The van der Waals surface area contributed by atoms with E-state index >= 15 is 0 Å². The van der Waals surface area contributed by atoms with Crippen LogP contribution in [-0.4, -0.2) is 24.1 Å². The minimum absolute atomic E-state index is 0.749. The molecule has 3 heteroatoms. The molecule has 20 heavy (non-hydrogen) atoms. The van der Waals surface area contributed by atoms with Crippen LogP contribution >= 0.6 is 0 Å². The van der Waals surface area contributed by atoms with Crippen LogP contribution in [0.2, 0.25) is 0 Å². The summed E-state index contributed by atoms with van der Waals surface area (Å²) in [5.74, 6) is 2.12. The third-order valence-corrected chi connectivity index (χ3v) is 4.89. The highest BCUT2D eigenvalue weighted by Crippen LogP contribution is 2.37. The Bertz CT molecular complexity index is 426. The van der Waals surface area contributed by atoms with Gasteiger partial charge in [0.1, 0.15) is 5.82 Å². The van der Waals surface area contributed by atoms with Crippen LogP contribution in [0, 0.1) is 5.92 Å². The number of nitrogens with zero attached hydrogens (tertiary/aromatic N) is 2. The lowest BCUT2D eigenvalue weighted by molar-refractivity contribution is 0.429. The normalized spacial score (nSPS) is 23.6. The van der Waals surface area contributed by atoms with Gasteiger partial charge in [-0.1, -0.05) is 25.8 Å². The smallest absolute Gasteiger partial charge is 0.129 e. The first kappa shape index (κ1) is 13.9. The Balaban J connectivity index is 1.73. The number of nitrogens with one attached hydrogen (secondary N) is 1. The van der Waals surface area contributed by atoms with Crippen LogP contribution in [0.1, 0.15) is 51.1 Å². The van der Waals surface area contributed by atoms with Gasteiger partial charge in [-0.05, 0) is 50.3 Å². The molecule has 0 spiro atoms. The molecule has 1 aliphatic carbocycles. The molecule has 0 aromatic carbocycles. The molecule has 1 saturated carbocycles. The molecule has 2 fully saturated rings. The number of rotatable bonds is 5. The number of aromatic nitrogens is 1. The summed E-state index contributed by atoms with van der Waals surface area (Å²) >= 11 is 0. The third-order valence-electron chi connectivity index (χ3n) is 4.89. The lowest BCUT2D eigenvalue weighted by Crippen LogP contribution is -2.35. The maximum absolute atomic E-state index is 4.88. The zero-order chi connectivity index (χ0) is 13.8. The molecule has 110 valence electrons. The number of hydrogen-bond acceptors (Lipinski definition) is 3. The van der Waals surface area contributed by atoms with Crippen molar-refractivity contribution in [2.75, 3.05) is 18.0 Å². The first-order chi connectivity index (χ1) is 9.88. The predicted molar refractivity (Wildman–Crippen MR) is 83.9 cm³/mol. The fourth-order valence-corrected chi connectivity index (χ4v) is 3.89. The molecule has 1 atom stereocenters. The van der Waals surface area contributed by atoms with Gasteiger partial charge in [0.25, 0.3) is 0 Å². The average Bonchev–Trinajstić information content (AvgIpc) is 3.15. The fraction of sp³-hybridized carbons (Fsp3) is 0.706. The highest BCUT2D eigenvalue weighted by Gasteiger charge is 2.33. The Morgan fingerprint density at radius 1 is 1.20 bits per heavy atom. The lowest BCUT2D eigenvalue weighted by Gasteiger charge is -2.30. The maximum atomic E-state index is 4.88. The van der Waals surface area contributed by atoms with E-state index in [9.17, 15) is 0 Å². The van der Waals surface area contributed by atoms with Gasteiger partial charge in [0.05, 0.1) is 5.69 Å². The fourth-order valence-electron chi connectivity index (χ4n) is 3.89. The van der Waals surface area contributed by atoms with Crippen LogP contribution in [-0.2, 0) is 6.54 Å². The Labute approximate surface area is 122 Å². The van der Waals surface area contributed by atoms with Crippen LogP contribution < -0.4 is 10.2 Å². The monoisotopic (exact) mass is 273 g/mol. The zero-order valence-corrected chi connectivity index (χ0v) is 12.6. The van der Waals surface area contributed by atoms with Crippen molar-refractivity contribution in [3.8, 4) is 0 Å². The van der Waals surface area contributed by atoms with Gasteiger partial charge in [0, 0.05) is 19.1 Å². The van der Waals surface area contributed by atoms with Crippen molar-refractivity contribution in [2.45, 2.75) is 58.0 Å². The SMILES string of the molecule is CCNCc1cccc(N2CCCC2C2CCCC2)n1. The van der Waals surface area contributed by atoms with Gasteiger partial charge in [-0.25, -0.2) is 4.98 Å². The average molecular weight is 273 g/mol. The lowest BCUT2D eigenvalue weighted by atomic mass is 9.96. The van der Waals surface area contributed by atoms with Crippen LogP contribution in [0.4, 0.5) is 5.82 Å². The van der Waals surface area contributed by atoms with Crippen molar-refractivity contribution in [3.63, 3.8) is 0 Å². The third kappa shape index (κ3) is 2.98. The van der Waals surface area contributed by atoms with E-state index in [0.717, 1.165) is 25.0 Å². The summed E-state index contributed by atoms with van der Waals surface area (Å²) in [6.45, 7) is 5.21. The van der Waals surface area contributed by atoms with Crippen LogP contribution in [0.5, 0.6) is 0 Å². The van der Waals surface area contributed by atoms with E-state index in [1.54, 1.807) is 0 Å². The molecular weight excluding hydrogens is 246 g/mol. The van der Waals surface area contributed by atoms with E-state index in [2.05, 4.69) is 35.3 Å². The van der Waals surface area contributed by atoms with Crippen molar-refractivity contribution in [1.82, 2.24) is 10.3 Å². The van der Waals surface area contributed by atoms with E-state index in [1.807, 2.05) is 0 Å². The summed E-state index contributed by atoms with van der Waals surface area (Å²) in [6.07, 6.45) is 8.42. The topological polar surface area (TPSA) is 28.2 Å². The summed E-state index contributed by atoms with van der Waals surface area (Å²) in [5, 5.41) is 3.37. The van der Waals surface area contributed by atoms with Gasteiger partial charge in [-0.2, -0.15) is 0 Å². The van der Waals surface area contributed by atoms with Crippen molar-refractivity contribution in [2.24, 2.45) is 5.92 Å². The number of hydrogen-bond donors (Lipinski definition) is 1. The standard InChI is InChI=1S/C17H27N3/c1-2-18-13-15-9-5-11-17(19-15)20-12-6-10-16(20)14-7-3-4-8-14/h5,9,11,14,16,18H,2-4,6-8,10,12-13H2,1H3. The molecule has 1 aromatic rings. The van der Waals surface area contributed by atoms with Gasteiger partial charge < -0.3 is 10.2 Å². The number of anilines is 1. The van der Waals surface area contributed by atoms with Crippen LogP contribution in [0.15, 0.2) is 18.2 Å².